The molecule has 0 aliphatic heterocycles. The molecular formula is C15H18N4O3. The highest BCUT2D eigenvalue weighted by Crippen LogP contribution is 2.16. The quantitative estimate of drug-likeness (QED) is 0.828. The molecule has 7 heteroatoms. The van der Waals surface area contributed by atoms with Crippen LogP contribution in [0.4, 0.5) is 5.82 Å². The normalized spacial score (nSPS) is 10.1. The van der Waals surface area contributed by atoms with E-state index in [-0.39, 0.29) is 19.1 Å². The average molecular weight is 302 g/mol. The van der Waals surface area contributed by atoms with Crippen molar-refractivity contribution in [2.24, 2.45) is 0 Å². The Kier molecular flexibility index (Phi) is 5.13. The number of hydrogen-bond donors (Lipinski definition) is 2. The van der Waals surface area contributed by atoms with E-state index >= 15 is 0 Å². The van der Waals surface area contributed by atoms with Gasteiger partial charge in [-0.1, -0.05) is 0 Å². The zero-order valence-corrected chi connectivity index (χ0v) is 12.5. The summed E-state index contributed by atoms with van der Waals surface area (Å²) >= 11 is 0. The second-order valence-corrected chi connectivity index (χ2v) is 4.57. The Morgan fingerprint density at radius 1 is 1.27 bits per heavy atom. The maximum absolute atomic E-state index is 11.7. The summed E-state index contributed by atoms with van der Waals surface area (Å²) in [5, 5.41) is 2.70. The number of nitrogens with zero attached hydrogens (tertiary/aromatic N) is 2. The van der Waals surface area contributed by atoms with Crippen molar-refractivity contribution < 1.29 is 14.3 Å². The maximum atomic E-state index is 11.7. The van der Waals surface area contributed by atoms with Gasteiger partial charge in [-0.25, -0.2) is 9.97 Å². The van der Waals surface area contributed by atoms with Gasteiger partial charge in [0.1, 0.15) is 23.1 Å². The molecule has 0 spiro atoms. The Morgan fingerprint density at radius 3 is 2.59 bits per heavy atom. The fourth-order valence-corrected chi connectivity index (χ4v) is 1.71. The largest absolute Gasteiger partial charge is 0.497 e. The van der Waals surface area contributed by atoms with Crippen molar-refractivity contribution in [1.82, 2.24) is 15.3 Å². The predicted octanol–water partition coefficient (Wildman–Crippen LogP) is 1.07. The molecule has 22 heavy (non-hydrogen) atoms. The molecule has 1 amide bonds. The summed E-state index contributed by atoms with van der Waals surface area (Å²) in [6.45, 7) is 1.93. The van der Waals surface area contributed by atoms with Gasteiger partial charge in [-0.15, -0.1) is 0 Å². The first kappa shape index (κ1) is 15.6. The first-order valence-electron chi connectivity index (χ1n) is 6.70. The van der Waals surface area contributed by atoms with E-state index in [2.05, 4.69) is 15.3 Å². The molecule has 2 rings (SSSR count). The highest BCUT2D eigenvalue weighted by molar-refractivity contribution is 5.77. The third-order valence-corrected chi connectivity index (χ3v) is 2.92. The number of benzene rings is 1. The molecule has 1 heterocycles. The molecule has 0 unspecified atom stereocenters. The number of amides is 1. The molecular weight excluding hydrogens is 284 g/mol. The molecule has 1 aromatic carbocycles. The fourth-order valence-electron chi connectivity index (χ4n) is 1.71. The van der Waals surface area contributed by atoms with Crippen LogP contribution in [0, 0.1) is 6.92 Å². The highest BCUT2D eigenvalue weighted by atomic mass is 16.5. The first-order valence-corrected chi connectivity index (χ1v) is 6.70. The molecule has 7 nitrogen and oxygen atoms in total. The number of nitrogens with one attached hydrogen (secondary N) is 1. The van der Waals surface area contributed by atoms with Crippen molar-refractivity contribution in [3.63, 3.8) is 0 Å². The summed E-state index contributed by atoms with van der Waals surface area (Å²) in [5.74, 6) is 2.02. The predicted molar refractivity (Wildman–Crippen MR) is 81.5 cm³/mol. The van der Waals surface area contributed by atoms with Gasteiger partial charge >= 0.3 is 0 Å². The van der Waals surface area contributed by atoms with Crippen molar-refractivity contribution in [3.8, 4) is 11.5 Å². The van der Waals surface area contributed by atoms with E-state index < -0.39 is 0 Å². The summed E-state index contributed by atoms with van der Waals surface area (Å²) in [7, 11) is 1.59. The van der Waals surface area contributed by atoms with E-state index in [0.717, 1.165) is 5.75 Å². The van der Waals surface area contributed by atoms with Crippen LogP contribution in [-0.2, 0) is 11.3 Å². The Morgan fingerprint density at radius 2 is 1.95 bits per heavy atom. The van der Waals surface area contributed by atoms with Crippen LogP contribution in [0.15, 0.2) is 30.5 Å². The molecule has 0 atom stereocenters. The number of nitrogen functional groups attached to an aromatic ring is 1. The van der Waals surface area contributed by atoms with Crippen molar-refractivity contribution >= 4 is 11.7 Å². The first-order chi connectivity index (χ1) is 10.6. The third-order valence-electron chi connectivity index (χ3n) is 2.92. The van der Waals surface area contributed by atoms with Crippen LogP contribution in [0.25, 0.3) is 0 Å². The number of carbonyl (C=O) groups excluding carboxylic acids is 1. The topological polar surface area (TPSA) is 99.4 Å². The number of aryl methyl sites for hydroxylation is 1. The molecule has 0 saturated carbocycles. The second-order valence-electron chi connectivity index (χ2n) is 4.57. The van der Waals surface area contributed by atoms with E-state index in [1.165, 1.54) is 0 Å². The summed E-state index contributed by atoms with van der Waals surface area (Å²) in [6, 6.07) is 6.99. The van der Waals surface area contributed by atoms with Crippen molar-refractivity contribution in [1.29, 1.82) is 0 Å². The van der Waals surface area contributed by atoms with Gasteiger partial charge in [0, 0.05) is 18.3 Å². The lowest BCUT2D eigenvalue weighted by Crippen LogP contribution is -2.28. The molecule has 3 N–H and O–H groups in total. The number of methoxy groups -OCH3 is 1. The van der Waals surface area contributed by atoms with Gasteiger partial charge in [0.2, 0.25) is 0 Å². The smallest absolute Gasteiger partial charge is 0.258 e. The summed E-state index contributed by atoms with van der Waals surface area (Å²) in [4.78, 5) is 19.8. The van der Waals surface area contributed by atoms with Crippen molar-refractivity contribution in [3.05, 3.63) is 41.9 Å². The van der Waals surface area contributed by atoms with Gasteiger partial charge in [-0.3, -0.25) is 4.79 Å². The van der Waals surface area contributed by atoms with Gasteiger partial charge in [0.05, 0.1) is 7.11 Å². The maximum Gasteiger partial charge on any atom is 0.258 e. The number of carbonyl (C=O) groups is 1. The zero-order valence-electron chi connectivity index (χ0n) is 12.5. The van der Waals surface area contributed by atoms with Gasteiger partial charge < -0.3 is 20.5 Å². The van der Waals surface area contributed by atoms with Crippen LogP contribution in [0.5, 0.6) is 11.5 Å². The number of nitrogens with two attached hydrogens (primary N) is 1. The monoisotopic (exact) mass is 302 g/mol. The van der Waals surface area contributed by atoms with E-state index in [1.807, 2.05) is 0 Å². The summed E-state index contributed by atoms with van der Waals surface area (Å²) < 4.78 is 10.4. The average Bonchev–Trinajstić information content (AvgIpc) is 2.52. The Bertz CT molecular complexity index is 644. The minimum absolute atomic E-state index is 0.0844. The fraction of sp³-hybridized carbons (Fsp3) is 0.267. The zero-order chi connectivity index (χ0) is 15.9. The number of hydrogen-bond acceptors (Lipinski definition) is 6. The van der Waals surface area contributed by atoms with Crippen molar-refractivity contribution in [2.45, 2.75) is 13.5 Å². The molecule has 0 fully saturated rings. The third kappa shape index (κ3) is 4.34. The minimum atomic E-state index is -0.254. The van der Waals surface area contributed by atoms with Crippen LogP contribution in [0.2, 0.25) is 0 Å². The Balaban J connectivity index is 1.80. The number of anilines is 1. The van der Waals surface area contributed by atoms with Crippen molar-refractivity contribution in [2.75, 3.05) is 19.5 Å². The van der Waals surface area contributed by atoms with Gasteiger partial charge in [-0.2, -0.15) is 0 Å². The standard InChI is InChI=1S/C15H18N4O3/c1-10-17-7-11(15(16)19-10)8-18-14(20)9-22-13-5-3-12(21-2)4-6-13/h3-7H,8-9H2,1-2H3,(H,18,20)(H2,16,17,19). The Hall–Kier alpha value is -2.83. The lowest BCUT2D eigenvalue weighted by molar-refractivity contribution is -0.123. The molecule has 0 bridgehead atoms. The molecule has 0 aliphatic carbocycles. The van der Waals surface area contributed by atoms with Crippen LogP contribution in [0.3, 0.4) is 0 Å². The lowest BCUT2D eigenvalue weighted by atomic mass is 10.3. The number of ether oxygens (including phenoxy) is 2. The molecule has 0 saturated heterocycles. The SMILES string of the molecule is COc1ccc(OCC(=O)NCc2cnc(C)nc2N)cc1. The molecule has 0 radical (unpaired) electrons. The van der Waals surface area contributed by atoms with Gasteiger partial charge in [0.15, 0.2) is 6.61 Å². The molecule has 0 aliphatic rings. The molecule has 1 aromatic heterocycles. The summed E-state index contributed by atoms with van der Waals surface area (Å²) in [6.07, 6.45) is 1.60. The minimum Gasteiger partial charge on any atom is -0.497 e. The van der Waals surface area contributed by atoms with Crippen LogP contribution in [-0.4, -0.2) is 29.6 Å². The lowest BCUT2D eigenvalue weighted by Gasteiger charge is -2.09. The Labute approximate surface area is 128 Å². The van der Waals surface area contributed by atoms with E-state index in [4.69, 9.17) is 15.2 Å². The van der Waals surface area contributed by atoms with E-state index in [0.29, 0.717) is 23.0 Å². The van der Waals surface area contributed by atoms with Gasteiger partial charge in [-0.05, 0) is 31.2 Å². The van der Waals surface area contributed by atoms with Crippen LogP contribution < -0.4 is 20.5 Å². The second kappa shape index (κ2) is 7.26. The molecule has 116 valence electrons. The van der Waals surface area contributed by atoms with E-state index in [9.17, 15) is 4.79 Å². The van der Waals surface area contributed by atoms with Crippen LogP contribution >= 0.6 is 0 Å². The molecule has 2 aromatic rings. The van der Waals surface area contributed by atoms with Gasteiger partial charge in [0.25, 0.3) is 5.91 Å². The highest BCUT2D eigenvalue weighted by Gasteiger charge is 2.06. The van der Waals surface area contributed by atoms with E-state index in [1.54, 1.807) is 44.5 Å². The number of rotatable bonds is 6. The van der Waals surface area contributed by atoms with Crippen LogP contribution in [0.1, 0.15) is 11.4 Å². The number of aromatic nitrogens is 2. The summed E-state index contributed by atoms with van der Waals surface area (Å²) in [5.41, 5.74) is 6.42.